The Bertz CT molecular complexity index is 1500. The second kappa shape index (κ2) is 8.45. The van der Waals surface area contributed by atoms with Gasteiger partial charge in [0.1, 0.15) is 16.9 Å². The molecular weight excluding hydrogens is 440 g/mol. The monoisotopic (exact) mass is 470 g/mol. The second-order valence-electron chi connectivity index (χ2n) is 10.3. The first-order valence-corrected chi connectivity index (χ1v) is 11.9. The molecule has 0 bridgehead atoms. The molecule has 1 amide bonds. The van der Waals surface area contributed by atoms with E-state index in [0.29, 0.717) is 25.1 Å². The summed E-state index contributed by atoms with van der Waals surface area (Å²) >= 11 is 0. The van der Waals surface area contributed by atoms with Gasteiger partial charge in [-0.25, -0.2) is 4.79 Å². The van der Waals surface area contributed by atoms with Gasteiger partial charge in [0.15, 0.2) is 0 Å². The Kier molecular flexibility index (Phi) is 5.55. The van der Waals surface area contributed by atoms with Gasteiger partial charge in [-0.15, -0.1) is 0 Å². The maximum absolute atomic E-state index is 13.0. The number of ether oxygens (including phenoxy) is 1. The number of nitrogens with zero attached hydrogens (tertiary/aromatic N) is 2. The third-order valence-electron chi connectivity index (χ3n) is 6.36. The van der Waals surface area contributed by atoms with Gasteiger partial charge in [-0.3, -0.25) is 9.36 Å². The zero-order valence-corrected chi connectivity index (χ0v) is 20.8. The van der Waals surface area contributed by atoms with E-state index in [9.17, 15) is 9.59 Å². The molecule has 0 aliphatic carbocycles. The van der Waals surface area contributed by atoms with Crippen LogP contribution in [-0.2, 0) is 17.7 Å². The Hall–Kier alpha value is -3.80. The standard InChI is InChI=1S/C29H30N2O4/c1-18-6-8-22(19(2)14-18)20-10-13-31(27(32)15-20)21-7-9-23-24-17-30(28(33)35-29(3,4)5)12-11-25(24)34-26(23)16-21/h6-10,13-16H,11-12,17H2,1-5H3. The predicted octanol–water partition coefficient (Wildman–Crippen LogP) is 6.16. The third-order valence-corrected chi connectivity index (χ3v) is 6.36. The van der Waals surface area contributed by atoms with Gasteiger partial charge in [0.25, 0.3) is 5.56 Å². The fourth-order valence-electron chi connectivity index (χ4n) is 4.70. The topological polar surface area (TPSA) is 64.7 Å². The highest BCUT2D eigenvalue weighted by Gasteiger charge is 2.29. The molecule has 1 aliphatic heterocycles. The van der Waals surface area contributed by atoms with Gasteiger partial charge in [-0.1, -0.05) is 23.8 Å². The van der Waals surface area contributed by atoms with E-state index in [2.05, 4.69) is 32.0 Å². The van der Waals surface area contributed by atoms with E-state index in [-0.39, 0.29) is 11.7 Å². The zero-order chi connectivity index (χ0) is 24.9. The van der Waals surface area contributed by atoms with E-state index >= 15 is 0 Å². The highest BCUT2D eigenvalue weighted by Crippen LogP contribution is 2.32. The molecule has 0 saturated heterocycles. The van der Waals surface area contributed by atoms with Crippen LogP contribution >= 0.6 is 0 Å². The molecule has 6 heteroatoms. The highest BCUT2D eigenvalue weighted by molar-refractivity contribution is 5.85. The molecule has 3 heterocycles. The quantitative estimate of drug-likeness (QED) is 0.352. The van der Waals surface area contributed by atoms with Crippen molar-refractivity contribution in [2.24, 2.45) is 0 Å². The van der Waals surface area contributed by atoms with Crippen molar-refractivity contribution in [3.05, 3.63) is 87.5 Å². The van der Waals surface area contributed by atoms with Crippen LogP contribution in [-0.4, -0.2) is 27.7 Å². The predicted molar refractivity (Wildman–Crippen MR) is 137 cm³/mol. The van der Waals surface area contributed by atoms with Crippen LogP contribution in [0.5, 0.6) is 0 Å². The van der Waals surface area contributed by atoms with Crippen LogP contribution in [0.1, 0.15) is 43.2 Å². The van der Waals surface area contributed by atoms with Gasteiger partial charge < -0.3 is 14.1 Å². The Balaban J connectivity index is 1.45. The summed E-state index contributed by atoms with van der Waals surface area (Å²) in [6, 6.07) is 15.7. The minimum Gasteiger partial charge on any atom is -0.461 e. The maximum Gasteiger partial charge on any atom is 0.410 e. The van der Waals surface area contributed by atoms with Gasteiger partial charge >= 0.3 is 6.09 Å². The molecule has 6 nitrogen and oxygen atoms in total. The molecule has 0 fully saturated rings. The SMILES string of the molecule is Cc1ccc(-c2ccn(-c3ccc4c5c(oc4c3)CCN(C(=O)OC(C)(C)C)C5)c(=O)c2)c(C)c1. The maximum atomic E-state index is 13.0. The number of amides is 1. The molecule has 0 unspecified atom stereocenters. The van der Waals surface area contributed by atoms with Gasteiger partial charge in [-0.2, -0.15) is 0 Å². The fraction of sp³-hybridized carbons (Fsp3) is 0.310. The normalized spacial score (nSPS) is 13.7. The largest absolute Gasteiger partial charge is 0.461 e. The van der Waals surface area contributed by atoms with E-state index in [1.165, 1.54) is 5.56 Å². The number of furan rings is 1. The lowest BCUT2D eigenvalue weighted by Crippen LogP contribution is -2.39. The number of hydrogen-bond donors (Lipinski definition) is 0. The van der Waals surface area contributed by atoms with Crippen molar-refractivity contribution in [2.45, 2.75) is 53.2 Å². The van der Waals surface area contributed by atoms with E-state index in [0.717, 1.165) is 39.1 Å². The number of carbonyl (C=O) groups excluding carboxylic acids is 1. The van der Waals surface area contributed by atoms with Crippen molar-refractivity contribution in [2.75, 3.05) is 6.54 Å². The van der Waals surface area contributed by atoms with Crippen LogP contribution in [0.15, 0.2) is 63.9 Å². The molecule has 0 atom stereocenters. The summed E-state index contributed by atoms with van der Waals surface area (Å²) in [7, 11) is 0. The lowest BCUT2D eigenvalue weighted by Gasteiger charge is -2.29. The van der Waals surface area contributed by atoms with Gasteiger partial charge in [0.2, 0.25) is 0 Å². The lowest BCUT2D eigenvalue weighted by molar-refractivity contribution is 0.0220. The molecule has 2 aromatic heterocycles. The van der Waals surface area contributed by atoms with E-state index in [1.54, 1.807) is 15.5 Å². The molecule has 0 spiro atoms. The average Bonchev–Trinajstić information content (AvgIpc) is 3.15. The number of aryl methyl sites for hydroxylation is 2. The molecule has 35 heavy (non-hydrogen) atoms. The van der Waals surface area contributed by atoms with Crippen molar-refractivity contribution >= 4 is 17.1 Å². The minimum absolute atomic E-state index is 0.103. The third kappa shape index (κ3) is 4.48. The Morgan fingerprint density at radius 1 is 1.03 bits per heavy atom. The molecule has 1 aliphatic rings. The summed E-state index contributed by atoms with van der Waals surface area (Å²) in [4.78, 5) is 27.3. The molecule has 4 aromatic rings. The molecule has 180 valence electrons. The van der Waals surface area contributed by atoms with Crippen LogP contribution in [0.4, 0.5) is 4.79 Å². The van der Waals surface area contributed by atoms with Gasteiger partial charge in [0.05, 0.1) is 12.2 Å². The smallest absolute Gasteiger partial charge is 0.410 e. The molecule has 0 radical (unpaired) electrons. The second-order valence-corrected chi connectivity index (χ2v) is 10.3. The molecule has 0 N–H and O–H groups in total. The number of benzene rings is 2. The number of rotatable bonds is 2. The van der Waals surface area contributed by atoms with Crippen LogP contribution < -0.4 is 5.56 Å². The van der Waals surface area contributed by atoms with Crippen LogP contribution in [0.25, 0.3) is 27.8 Å². The molecule has 5 rings (SSSR count). The van der Waals surface area contributed by atoms with E-state index in [1.807, 2.05) is 51.2 Å². The first-order chi connectivity index (χ1) is 16.6. The van der Waals surface area contributed by atoms with Crippen LogP contribution in [0, 0.1) is 13.8 Å². The fourth-order valence-corrected chi connectivity index (χ4v) is 4.70. The van der Waals surface area contributed by atoms with E-state index in [4.69, 9.17) is 9.15 Å². The number of pyridine rings is 1. The highest BCUT2D eigenvalue weighted by atomic mass is 16.6. The average molecular weight is 471 g/mol. The van der Waals surface area contributed by atoms with E-state index < -0.39 is 5.60 Å². The van der Waals surface area contributed by atoms with Crippen LogP contribution in [0.2, 0.25) is 0 Å². The van der Waals surface area contributed by atoms with Crippen molar-refractivity contribution in [3.8, 4) is 16.8 Å². The minimum atomic E-state index is -0.536. The summed E-state index contributed by atoms with van der Waals surface area (Å²) in [5, 5.41) is 0.956. The molecule has 0 saturated carbocycles. The first-order valence-electron chi connectivity index (χ1n) is 11.9. The first kappa shape index (κ1) is 23.0. The number of hydrogen-bond acceptors (Lipinski definition) is 4. The Labute approximate surface area is 204 Å². The van der Waals surface area contributed by atoms with Crippen molar-refractivity contribution in [1.82, 2.24) is 9.47 Å². The van der Waals surface area contributed by atoms with Crippen molar-refractivity contribution < 1.29 is 13.9 Å². The number of carbonyl (C=O) groups is 1. The number of fused-ring (bicyclic) bond motifs is 3. The Morgan fingerprint density at radius 3 is 2.54 bits per heavy atom. The van der Waals surface area contributed by atoms with Gasteiger partial charge in [0, 0.05) is 42.2 Å². The van der Waals surface area contributed by atoms with Crippen LogP contribution in [0.3, 0.4) is 0 Å². The summed E-state index contributed by atoms with van der Waals surface area (Å²) in [6.07, 6.45) is 2.12. The Morgan fingerprint density at radius 2 is 1.83 bits per heavy atom. The molecule has 2 aromatic carbocycles. The van der Waals surface area contributed by atoms with Crippen molar-refractivity contribution in [1.29, 1.82) is 0 Å². The van der Waals surface area contributed by atoms with Gasteiger partial charge in [-0.05, 0) is 69.5 Å². The summed E-state index contributed by atoms with van der Waals surface area (Å²) in [5.41, 5.74) is 6.12. The summed E-state index contributed by atoms with van der Waals surface area (Å²) in [5.74, 6) is 0.884. The summed E-state index contributed by atoms with van der Waals surface area (Å²) < 4.78 is 13.3. The molecular formula is C29H30N2O4. The lowest BCUT2D eigenvalue weighted by atomic mass is 9.99. The summed E-state index contributed by atoms with van der Waals surface area (Å²) in [6.45, 7) is 10.7. The zero-order valence-electron chi connectivity index (χ0n) is 20.8. The van der Waals surface area contributed by atoms with Crippen molar-refractivity contribution in [3.63, 3.8) is 0 Å². The number of aromatic nitrogens is 1.